The summed E-state index contributed by atoms with van der Waals surface area (Å²) in [6, 6.07) is 4.47. The highest BCUT2D eigenvalue weighted by Gasteiger charge is 2.23. The Bertz CT molecular complexity index is 841. The molecule has 0 amide bonds. The number of nitrogens with one attached hydrogen (secondary N) is 1. The van der Waals surface area contributed by atoms with E-state index in [1.54, 1.807) is 25.3 Å². The number of hydrogen-bond acceptors (Lipinski definition) is 4. The Morgan fingerprint density at radius 2 is 1.96 bits per heavy atom. The smallest absolute Gasteiger partial charge is 0.241 e. The van der Waals surface area contributed by atoms with Gasteiger partial charge in [-0.15, -0.1) is 0 Å². The van der Waals surface area contributed by atoms with Crippen molar-refractivity contribution >= 4 is 10.0 Å². The largest absolute Gasteiger partial charge is 0.496 e. The van der Waals surface area contributed by atoms with Gasteiger partial charge in [0.05, 0.1) is 17.7 Å². The second kappa shape index (κ2) is 6.94. The summed E-state index contributed by atoms with van der Waals surface area (Å²) in [7, 11) is -2.07. The van der Waals surface area contributed by atoms with E-state index in [1.165, 1.54) is 0 Å². The molecule has 1 unspecified atom stereocenters. The minimum atomic E-state index is -3.63. The van der Waals surface area contributed by atoms with E-state index in [0.717, 1.165) is 29.1 Å². The Morgan fingerprint density at radius 1 is 1.29 bits per heavy atom. The number of ether oxygens (including phenoxy) is 1. The van der Waals surface area contributed by atoms with Gasteiger partial charge in [0, 0.05) is 23.8 Å². The van der Waals surface area contributed by atoms with E-state index < -0.39 is 10.0 Å². The molecule has 24 heavy (non-hydrogen) atoms. The van der Waals surface area contributed by atoms with Gasteiger partial charge in [0.25, 0.3) is 0 Å². The summed E-state index contributed by atoms with van der Waals surface area (Å²) in [6.07, 6.45) is 0. The first kappa shape index (κ1) is 18.5. The number of benzene rings is 1. The molecule has 0 bridgehead atoms. The predicted octanol–water partition coefficient (Wildman–Crippen LogP) is 2.88. The summed E-state index contributed by atoms with van der Waals surface area (Å²) in [4.78, 5) is 0.228. The van der Waals surface area contributed by atoms with Gasteiger partial charge in [-0.2, -0.15) is 5.10 Å². The van der Waals surface area contributed by atoms with E-state index in [0.29, 0.717) is 5.75 Å². The summed E-state index contributed by atoms with van der Waals surface area (Å²) in [5.41, 5.74) is 3.52. The van der Waals surface area contributed by atoms with Crippen molar-refractivity contribution in [3.05, 3.63) is 40.7 Å². The molecule has 1 aromatic heterocycles. The van der Waals surface area contributed by atoms with Crippen LogP contribution in [0.25, 0.3) is 0 Å². The normalized spacial score (nSPS) is 13.1. The Kier molecular flexibility index (Phi) is 5.35. The fourth-order valence-electron chi connectivity index (χ4n) is 3.02. The van der Waals surface area contributed by atoms with Crippen LogP contribution in [0.1, 0.15) is 42.4 Å². The monoisotopic (exact) mass is 351 g/mol. The number of aryl methyl sites for hydroxylation is 3. The van der Waals surface area contributed by atoms with Gasteiger partial charge in [0.2, 0.25) is 10.0 Å². The minimum Gasteiger partial charge on any atom is -0.496 e. The quantitative estimate of drug-likeness (QED) is 0.868. The molecule has 1 aromatic carbocycles. The van der Waals surface area contributed by atoms with Crippen LogP contribution in [0, 0.1) is 20.8 Å². The molecule has 2 rings (SSSR count). The molecule has 0 saturated heterocycles. The summed E-state index contributed by atoms with van der Waals surface area (Å²) in [6.45, 7) is 10.3. The van der Waals surface area contributed by atoms with Gasteiger partial charge in [-0.1, -0.05) is 0 Å². The number of nitrogens with zero attached hydrogens (tertiary/aromatic N) is 2. The van der Waals surface area contributed by atoms with Crippen molar-refractivity contribution in [3.63, 3.8) is 0 Å². The van der Waals surface area contributed by atoms with Gasteiger partial charge in [-0.3, -0.25) is 4.68 Å². The van der Waals surface area contributed by atoms with Crippen LogP contribution in [0.5, 0.6) is 5.75 Å². The van der Waals surface area contributed by atoms with Crippen LogP contribution < -0.4 is 9.46 Å². The highest BCUT2D eigenvalue weighted by Crippen LogP contribution is 2.25. The molecule has 0 aliphatic heterocycles. The fourth-order valence-corrected chi connectivity index (χ4v) is 4.32. The highest BCUT2D eigenvalue weighted by molar-refractivity contribution is 7.89. The Balaban J connectivity index is 2.32. The van der Waals surface area contributed by atoms with Crippen molar-refractivity contribution in [2.24, 2.45) is 0 Å². The van der Waals surface area contributed by atoms with Gasteiger partial charge in [0.1, 0.15) is 5.75 Å². The third kappa shape index (κ3) is 3.47. The van der Waals surface area contributed by atoms with E-state index >= 15 is 0 Å². The lowest BCUT2D eigenvalue weighted by molar-refractivity contribution is 0.411. The van der Waals surface area contributed by atoms with Gasteiger partial charge < -0.3 is 4.74 Å². The van der Waals surface area contributed by atoms with Crippen LogP contribution in [0.4, 0.5) is 0 Å². The number of methoxy groups -OCH3 is 1. The Morgan fingerprint density at radius 3 is 2.46 bits per heavy atom. The van der Waals surface area contributed by atoms with Gasteiger partial charge in [-0.05, 0) is 58.4 Å². The first-order chi connectivity index (χ1) is 11.2. The molecule has 7 heteroatoms. The molecule has 1 heterocycles. The summed E-state index contributed by atoms with van der Waals surface area (Å²) >= 11 is 0. The lowest BCUT2D eigenvalue weighted by Gasteiger charge is -2.16. The van der Waals surface area contributed by atoms with Crippen molar-refractivity contribution in [1.29, 1.82) is 0 Å². The maximum Gasteiger partial charge on any atom is 0.241 e. The third-order valence-electron chi connectivity index (χ3n) is 4.18. The Hall–Kier alpha value is -1.86. The van der Waals surface area contributed by atoms with Gasteiger partial charge in [-0.25, -0.2) is 13.1 Å². The van der Waals surface area contributed by atoms with Gasteiger partial charge in [0.15, 0.2) is 0 Å². The average Bonchev–Trinajstić information content (AvgIpc) is 2.80. The molecule has 0 fully saturated rings. The molecule has 1 atom stereocenters. The van der Waals surface area contributed by atoms with Crippen molar-refractivity contribution in [1.82, 2.24) is 14.5 Å². The molecule has 6 nitrogen and oxygen atoms in total. The second-order valence-electron chi connectivity index (χ2n) is 5.87. The number of hydrogen-bond donors (Lipinski definition) is 1. The van der Waals surface area contributed by atoms with Crippen molar-refractivity contribution in [3.8, 4) is 5.75 Å². The van der Waals surface area contributed by atoms with Crippen molar-refractivity contribution < 1.29 is 13.2 Å². The van der Waals surface area contributed by atoms with E-state index in [2.05, 4.69) is 9.82 Å². The lowest BCUT2D eigenvalue weighted by Crippen LogP contribution is -2.27. The van der Waals surface area contributed by atoms with E-state index in [1.807, 2.05) is 39.3 Å². The summed E-state index contributed by atoms with van der Waals surface area (Å²) in [5, 5.41) is 4.45. The molecule has 0 radical (unpaired) electrons. The summed E-state index contributed by atoms with van der Waals surface area (Å²) in [5.74, 6) is 0.665. The highest BCUT2D eigenvalue weighted by atomic mass is 32.2. The van der Waals surface area contributed by atoms with E-state index in [9.17, 15) is 8.42 Å². The van der Waals surface area contributed by atoms with Crippen LogP contribution >= 0.6 is 0 Å². The minimum absolute atomic E-state index is 0.228. The zero-order chi connectivity index (χ0) is 18.1. The number of sulfonamides is 1. The molecule has 1 N–H and O–H groups in total. The third-order valence-corrected chi connectivity index (χ3v) is 5.72. The van der Waals surface area contributed by atoms with Crippen LogP contribution in [-0.4, -0.2) is 25.3 Å². The first-order valence-corrected chi connectivity index (χ1v) is 9.40. The lowest BCUT2D eigenvalue weighted by atomic mass is 10.1. The SMILES string of the molecule is CCn1nc(C)c(C(C)NS(=O)(=O)c2ccc(OC)c(C)c2)c1C. The molecular weight excluding hydrogens is 326 g/mol. The zero-order valence-electron chi connectivity index (χ0n) is 15.0. The van der Waals surface area contributed by atoms with Crippen LogP contribution in [0.3, 0.4) is 0 Å². The average molecular weight is 351 g/mol. The molecule has 0 spiro atoms. The first-order valence-electron chi connectivity index (χ1n) is 7.92. The van der Waals surface area contributed by atoms with E-state index in [4.69, 9.17) is 4.74 Å². The van der Waals surface area contributed by atoms with Crippen molar-refractivity contribution in [2.45, 2.75) is 52.1 Å². The second-order valence-corrected chi connectivity index (χ2v) is 7.59. The predicted molar refractivity (Wildman–Crippen MR) is 93.8 cm³/mol. The molecule has 132 valence electrons. The van der Waals surface area contributed by atoms with Crippen molar-refractivity contribution in [2.75, 3.05) is 7.11 Å². The molecule has 0 saturated carbocycles. The van der Waals surface area contributed by atoms with Gasteiger partial charge >= 0.3 is 0 Å². The summed E-state index contributed by atoms with van der Waals surface area (Å²) < 4.78 is 35.2. The van der Waals surface area contributed by atoms with E-state index in [-0.39, 0.29) is 10.9 Å². The Labute approximate surface area is 143 Å². The molecule has 0 aliphatic rings. The molecular formula is C17H25N3O3S. The molecule has 0 aliphatic carbocycles. The standard InChI is InChI=1S/C17H25N3O3S/c1-7-20-14(5)17(12(3)18-20)13(4)19-24(21,22)15-8-9-16(23-6)11(2)10-15/h8-10,13,19H,7H2,1-6H3. The number of aromatic nitrogens is 2. The van der Waals surface area contributed by atoms with Crippen LogP contribution in [0.15, 0.2) is 23.1 Å². The zero-order valence-corrected chi connectivity index (χ0v) is 15.9. The molecule has 2 aromatic rings. The maximum absolute atomic E-state index is 12.7. The van der Waals surface area contributed by atoms with Crippen LogP contribution in [0.2, 0.25) is 0 Å². The number of rotatable bonds is 6. The topological polar surface area (TPSA) is 73.2 Å². The van der Waals surface area contributed by atoms with Crippen LogP contribution in [-0.2, 0) is 16.6 Å². The fraction of sp³-hybridized carbons (Fsp3) is 0.471. The maximum atomic E-state index is 12.7.